The van der Waals surface area contributed by atoms with E-state index in [9.17, 15) is 0 Å². The molecule has 1 aliphatic heterocycles. The van der Waals surface area contributed by atoms with Gasteiger partial charge in [0, 0.05) is 17.1 Å². The van der Waals surface area contributed by atoms with Gasteiger partial charge in [-0.3, -0.25) is 0 Å². The Morgan fingerprint density at radius 3 is 1.32 bits per heavy atom. The van der Waals surface area contributed by atoms with E-state index in [0.29, 0.717) is 0 Å². The van der Waals surface area contributed by atoms with Crippen molar-refractivity contribution < 1.29 is 9.31 Å². The molecule has 6 rings (SSSR count). The van der Waals surface area contributed by atoms with Gasteiger partial charge in [0.15, 0.2) is 0 Å². The molecule has 1 fully saturated rings. The van der Waals surface area contributed by atoms with E-state index in [2.05, 4.69) is 154 Å². The third-order valence-corrected chi connectivity index (χ3v) is 8.12. The first-order valence-corrected chi connectivity index (χ1v) is 13.9. The van der Waals surface area contributed by atoms with Gasteiger partial charge in [-0.2, -0.15) is 0 Å². The van der Waals surface area contributed by atoms with Gasteiger partial charge in [0.2, 0.25) is 0 Å². The summed E-state index contributed by atoms with van der Waals surface area (Å²) in [6, 6.07) is 47.0. The lowest BCUT2D eigenvalue weighted by molar-refractivity contribution is 0.00578. The minimum Gasteiger partial charge on any atom is -0.399 e. The normalized spacial score (nSPS) is 15.7. The van der Waals surface area contributed by atoms with Gasteiger partial charge in [0.25, 0.3) is 0 Å². The quantitative estimate of drug-likeness (QED) is 0.208. The van der Waals surface area contributed by atoms with E-state index in [1.807, 2.05) is 12.1 Å². The summed E-state index contributed by atoms with van der Waals surface area (Å²) >= 11 is 0. The summed E-state index contributed by atoms with van der Waals surface area (Å²) in [4.78, 5) is 2.29. The molecule has 5 aromatic rings. The van der Waals surface area contributed by atoms with Crippen LogP contribution in [0.1, 0.15) is 27.7 Å². The highest BCUT2D eigenvalue weighted by molar-refractivity contribution is 6.62. The molecule has 0 amide bonds. The van der Waals surface area contributed by atoms with Crippen molar-refractivity contribution in [3.63, 3.8) is 0 Å². The Kier molecular flexibility index (Phi) is 6.83. The van der Waals surface area contributed by atoms with Crippen molar-refractivity contribution in [3.8, 4) is 22.3 Å². The van der Waals surface area contributed by atoms with Crippen LogP contribution in [0.5, 0.6) is 0 Å². The summed E-state index contributed by atoms with van der Waals surface area (Å²) < 4.78 is 12.8. The predicted octanol–water partition coefficient (Wildman–Crippen LogP) is 8.79. The van der Waals surface area contributed by atoms with Gasteiger partial charge in [-0.05, 0) is 91.8 Å². The van der Waals surface area contributed by atoms with E-state index in [4.69, 9.17) is 9.31 Å². The molecule has 0 bridgehead atoms. The molecule has 0 atom stereocenters. The maximum Gasteiger partial charge on any atom is 0.494 e. The molecule has 0 aromatic heterocycles. The summed E-state index contributed by atoms with van der Waals surface area (Å²) in [6.45, 7) is 8.36. The molecule has 1 heterocycles. The standard InChI is InChI=1S/C36H34BNO2/c1-35(2)36(3,4)40-37(39-35)31-16-11-17-34(26-31)38(32-22-18-29(19-23-32)27-12-7-5-8-13-27)33-24-20-30(21-25-33)28-14-9-6-10-15-28/h5-26H,1-4H3. The number of rotatable bonds is 6. The monoisotopic (exact) mass is 523 g/mol. The van der Waals surface area contributed by atoms with Crippen LogP contribution in [0.4, 0.5) is 17.1 Å². The molecule has 3 nitrogen and oxygen atoms in total. The Bertz CT molecular complexity index is 1480. The molecule has 0 saturated carbocycles. The van der Waals surface area contributed by atoms with Crippen molar-refractivity contribution in [1.82, 2.24) is 0 Å². The molecule has 1 aliphatic rings. The zero-order valence-electron chi connectivity index (χ0n) is 23.5. The Morgan fingerprint density at radius 2 is 0.875 bits per heavy atom. The molecule has 1 saturated heterocycles. The zero-order valence-corrected chi connectivity index (χ0v) is 23.5. The smallest absolute Gasteiger partial charge is 0.399 e. The fourth-order valence-electron chi connectivity index (χ4n) is 5.10. The molecular formula is C36H34BNO2. The third kappa shape index (κ3) is 5.09. The number of nitrogens with zero attached hydrogens (tertiary/aromatic N) is 1. The first-order valence-electron chi connectivity index (χ1n) is 13.9. The van der Waals surface area contributed by atoms with Crippen molar-refractivity contribution in [2.45, 2.75) is 38.9 Å². The fourth-order valence-corrected chi connectivity index (χ4v) is 5.10. The van der Waals surface area contributed by atoms with Crippen molar-refractivity contribution in [2.75, 3.05) is 4.90 Å². The Hall–Kier alpha value is -4.12. The number of benzene rings is 5. The lowest BCUT2D eigenvalue weighted by atomic mass is 9.79. The molecule has 0 unspecified atom stereocenters. The van der Waals surface area contributed by atoms with Crippen LogP contribution in [0.3, 0.4) is 0 Å². The highest BCUT2D eigenvalue weighted by atomic mass is 16.7. The van der Waals surface area contributed by atoms with Crippen LogP contribution in [-0.2, 0) is 9.31 Å². The van der Waals surface area contributed by atoms with Gasteiger partial charge < -0.3 is 14.2 Å². The lowest BCUT2D eigenvalue weighted by Gasteiger charge is -2.32. The topological polar surface area (TPSA) is 21.7 Å². The number of hydrogen-bond donors (Lipinski definition) is 0. The zero-order chi connectivity index (χ0) is 27.7. The second-order valence-electron chi connectivity index (χ2n) is 11.3. The number of anilines is 3. The van der Waals surface area contributed by atoms with Crippen molar-refractivity contribution in [2.24, 2.45) is 0 Å². The summed E-state index contributed by atoms with van der Waals surface area (Å²) in [7, 11) is -0.423. The van der Waals surface area contributed by atoms with Gasteiger partial charge in [-0.25, -0.2) is 0 Å². The van der Waals surface area contributed by atoms with E-state index in [1.165, 1.54) is 22.3 Å². The fraction of sp³-hybridized carbons (Fsp3) is 0.167. The molecule has 198 valence electrons. The average Bonchev–Trinajstić information content (AvgIpc) is 3.21. The van der Waals surface area contributed by atoms with Crippen LogP contribution in [0.2, 0.25) is 0 Å². The van der Waals surface area contributed by atoms with Gasteiger partial charge in [0.05, 0.1) is 11.2 Å². The van der Waals surface area contributed by atoms with Gasteiger partial charge in [-0.15, -0.1) is 0 Å². The van der Waals surface area contributed by atoms with E-state index in [1.54, 1.807) is 0 Å². The average molecular weight is 523 g/mol. The maximum absolute atomic E-state index is 6.38. The van der Waals surface area contributed by atoms with Gasteiger partial charge >= 0.3 is 7.12 Å². The van der Waals surface area contributed by atoms with Gasteiger partial charge in [0.1, 0.15) is 0 Å². The van der Waals surface area contributed by atoms with Crippen LogP contribution >= 0.6 is 0 Å². The second-order valence-corrected chi connectivity index (χ2v) is 11.3. The molecule has 5 aromatic carbocycles. The van der Waals surface area contributed by atoms with E-state index >= 15 is 0 Å². The molecule has 0 aliphatic carbocycles. The van der Waals surface area contributed by atoms with Crippen LogP contribution in [-0.4, -0.2) is 18.3 Å². The summed E-state index contributed by atoms with van der Waals surface area (Å²) in [5.74, 6) is 0. The van der Waals surface area contributed by atoms with Crippen LogP contribution in [0.15, 0.2) is 133 Å². The van der Waals surface area contributed by atoms with E-state index in [-0.39, 0.29) is 0 Å². The van der Waals surface area contributed by atoms with Crippen molar-refractivity contribution in [1.29, 1.82) is 0 Å². The maximum atomic E-state index is 6.38. The van der Waals surface area contributed by atoms with E-state index in [0.717, 1.165) is 22.5 Å². The summed E-state index contributed by atoms with van der Waals surface area (Å²) in [5, 5.41) is 0. The Balaban J connectivity index is 1.39. The largest absolute Gasteiger partial charge is 0.494 e. The number of hydrogen-bond acceptors (Lipinski definition) is 3. The van der Waals surface area contributed by atoms with Crippen LogP contribution < -0.4 is 10.4 Å². The minimum absolute atomic E-state index is 0.395. The van der Waals surface area contributed by atoms with Crippen LogP contribution in [0, 0.1) is 0 Å². The van der Waals surface area contributed by atoms with Gasteiger partial charge in [-0.1, -0.05) is 97.1 Å². The molecule has 40 heavy (non-hydrogen) atoms. The molecule has 0 N–H and O–H groups in total. The first-order chi connectivity index (χ1) is 19.3. The summed E-state index contributed by atoms with van der Waals surface area (Å²) in [5.41, 5.74) is 8.21. The summed E-state index contributed by atoms with van der Waals surface area (Å²) in [6.07, 6.45) is 0. The van der Waals surface area contributed by atoms with Crippen LogP contribution in [0.25, 0.3) is 22.3 Å². The van der Waals surface area contributed by atoms with Crippen molar-refractivity contribution >= 4 is 29.6 Å². The van der Waals surface area contributed by atoms with Crippen molar-refractivity contribution in [3.05, 3.63) is 133 Å². The SMILES string of the molecule is CC1(C)OB(c2cccc(N(c3ccc(-c4ccccc4)cc3)c3ccc(-c4ccccc4)cc3)c2)OC1(C)C. The van der Waals surface area contributed by atoms with E-state index < -0.39 is 18.3 Å². The third-order valence-electron chi connectivity index (χ3n) is 8.12. The lowest BCUT2D eigenvalue weighted by Crippen LogP contribution is -2.41. The Morgan fingerprint density at radius 1 is 0.450 bits per heavy atom. The second kappa shape index (κ2) is 10.5. The Labute approximate surface area is 238 Å². The molecule has 0 radical (unpaired) electrons. The minimum atomic E-state index is -0.423. The highest BCUT2D eigenvalue weighted by Gasteiger charge is 2.51. The first kappa shape index (κ1) is 26.1. The molecule has 4 heteroatoms. The highest BCUT2D eigenvalue weighted by Crippen LogP contribution is 2.39. The predicted molar refractivity (Wildman–Crippen MR) is 168 cm³/mol. The molecule has 0 spiro atoms. The molecular weight excluding hydrogens is 489 g/mol.